The van der Waals surface area contributed by atoms with Crippen molar-refractivity contribution in [2.45, 2.75) is 25.3 Å². The van der Waals surface area contributed by atoms with Gasteiger partial charge in [-0.2, -0.15) is 0 Å². The van der Waals surface area contributed by atoms with E-state index in [0.29, 0.717) is 33.5 Å². The van der Waals surface area contributed by atoms with Crippen LogP contribution < -0.4 is 0 Å². The van der Waals surface area contributed by atoms with Gasteiger partial charge in [0.25, 0.3) is 5.92 Å². The van der Waals surface area contributed by atoms with Gasteiger partial charge in [-0.15, -0.1) is 0 Å². The summed E-state index contributed by atoms with van der Waals surface area (Å²) in [4.78, 5) is 19.1. The average molecular weight is 412 g/mol. The lowest BCUT2D eigenvalue weighted by Crippen LogP contribution is -2.30. The Morgan fingerprint density at radius 3 is 2.63 bits per heavy atom. The first-order valence-electron chi connectivity index (χ1n) is 9.61. The van der Waals surface area contributed by atoms with Gasteiger partial charge in [-0.25, -0.2) is 18.2 Å². The van der Waals surface area contributed by atoms with Crippen LogP contribution in [0.2, 0.25) is 0 Å². The number of rotatable bonds is 3. The van der Waals surface area contributed by atoms with Gasteiger partial charge in [-0.1, -0.05) is 0 Å². The van der Waals surface area contributed by atoms with Gasteiger partial charge >= 0.3 is 0 Å². The first-order valence-corrected chi connectivity index (χ1v) is 9.61. The number of imidazole rings is 1. The number of likely N-dealkylation sites (N-methyl/N-ethyl adjacent to an activating group) is 1. The zero-order valence-electron chi connectivity index (χ0n) is 16.5. The topological polar surface area (TPSA) is 59.7 Å². The van der Waals surface area contributed by atoms with Crippen molar-refractivity contribution in [2.24, 2.45) is 0 Å². The third kappa shape index (κ3) is 3.09. The molecule has 1 fully saturated rings. The smallest absolute Gasteiger partial charge is 0.282 e. The summed E-state index contributed by atoms with van der Waals surface area (Å²) in [5.74, 6) is -2.98. The number of hydrogen-bond donors (Lipinski definition) is 0. The summed E-state index contributed by atoms with van der Waals surface area (Å²) in [6.07, 6.45) is 5.03. The van der Waals surface area contributed by atoms with Crippen LogP contribution in [0.15, 0.2) is 36.8 Å². The SMILES string of the molecule is Cc1cnc(Cc2nc3cnc4ccc(F)cc4c3n2[C@@H]2CN(C)CC2(F)F)cn1. The Morgan fingerprint density at radius 2 is 1.93 bits per heavy atom. The number of nitrogens with zero attached hydrogens (tertiary/aromatic N) is 6. The number of halogens is 3. The molecule has 0 radical (unpaired) electrons. The summed E-state index contributed by atoms with van der Waals surface area (Å²) >= 11 is 0. The summed E-state index contributed by atoms with van der Waals surface area (Å²) in [6.45, 7) is 1.63. The number of pyridine rings is 1. The highest BCUT2D eigenvalue weighted by atomic mass is 19.3. The van der Waals surface area contributed by atoms with E-state index in [2.05, 4.69) is 19.9 Å². The molecule has 0 N–H and O–H groups in total. The van der Waals surface area contributed by atoms with E-state index < -0.39 is 17.8 Å². The van der Waals surface area contributed by atoms with Crippen molar-refractivity contribution in [2.75, 3.05) is 20.1 Å². The van der Waals surface area contributed by atoms with Crippen molar-refractivity contribution in [1.82, 2.24) is 29.4 Å². The van der Waals surface area contributed by atoms with Crippen molar-refractivity contribution in [3.63, 3.8) is 0 Å². The van der Waals surface area contributed by atoms with Gasteiger partial charge in [-0.3, -0.25) is 19.9 Å². The Bertz CT molecular complexity index is 1250. The summed E-state index contributed by atoms with van der Waals surface area (Å²) in [7, 11) is 1.66. The van der Waals surface area contributed by atoms with Crippen LogP contribution in [0, 0.1) is 12.7 Å². The summed E-state index contributed by atoms with van der Waals surface area (Å²) in [5, 5.41) is 0.464. The molecule has 0 bridgehead atoms. The number of alkyl halides is 2. The van der Waals surface area contributed by atoms with Crippen molar-refractivity contribution >= 4 is 21.9 Å². The predicted molar refractivity (Wildman–Crippen MR) is 106 cm³/mol. The van der Waals surface area contributed by atoms with Crippen molar-refractivity contribution < 1.29 is 13.2 Å². The van der Waals surface area contributed by atoms with E-state index in [4.69, 9.17) is 0 Å². The Morgan fingerprint density at radius 1 is 1.10 bits per heavy atom. The van der Waals surface area contributed by atoms with Crippen LogP contribution in [0.25, 0.3) is 21.9 Å². The zero-order chi connectivity index (χ0) is 21.0. The van der Waals surface area contributed by atoms with Gasteiger partial charge in [0.1, 0.15) is 23.2 Å². The number of benzene rings is 1. The Labute approximate surface area is 170 Å². The van der Waals surface area contributed by atoms with E-state index in [-0.39, 0.29) is 19.5 Å². The van der Waals surface area contributed by atoms with Crippen LogP contribution in [-0.2, 0) is 6.42 Å². The number of aryl methyl sites for hydroxylation is 1. The molecule has 4 heterocycles. The summed E-state index contributed by atoms with van der Waals surface area (Å²) < 4.78 is 45.6. The zero-order valence-corrected chi connectivity index (χ0v) is 16.5. The van der Waals surface area contributed by atoms with E-state index in [9.17, 15) is 13.2 Å². The average Bonchev–Trinajstić information content (AvgIpc) is 3.18. The molecule has 1 aliphatic rings. The van der Waals surface area contributed by atoms with Crippen LogP contribution in [0.3, 0.4) is 0 Å². The molecular formula is C21H19F3N6. The van der Waals surface area contributed by atoms with Crippen LogP contribution in [0.1, 0.15) is 23.3 Å². The van der Waals surface area contributed by atoms with E-state index in [1.54, 1.807) is 41.2 Å². The van der Waals surface area contributed by atoms with Crippen LogP contribution in [0.4, 0.5) is 13.2 Å². The molecule has 0 aliphatic carbocycles. The molecule has 5 rings (SSSR count). The molecule has 3 aromatic heterocycles. The Balaban J connectivity index is 1.77. The van der Waals surface area contributed by atoms with Gasteiger partial charge in [0.15, 0.2) is 0 Å². The number of aromatic nitrogens is 5. The Hall–Kier alpha value is -3.07. The molecule has 4 aromatic rings. The maximum absolute atomic E-state index is 15.0. The van der Waals surface area contributed by atoms with Crippen molar-refractivity contribution in [1.29, 1.82) is 0 Å². The second kappa shape index (κ2) is 6.73. The van der Waals surface area contributed by atoms with Crippen LogP contribution in [-0.4, -0.2) is 55.5 Å². The molecule has 0 unspecified atom stereocenters. The molecule has 0 amide bonds. The lowest BCUT2D eigenvalue weighted by molar-refractivity contribution is -0.0200. The van der Waals surface area contributed by atoms with E-state index in [0.717, 1.165) is 5.69 Å². The number of likely N-dealkylation sites (tertiary alicyclic amines) is 1. The largest absolute Gasteiger partial charge is 0.316 e. The highest BCUT2D eigenvalue weighted by Gasteiger charge is 2.49. The fourth-order valence-electron chi connectivity index (χ4n) is 4.16. The van der Waals surface area contributed by atoms with Gasteiger partial charge < -0.3 is 4.57 Å². The second-order valence-electron chi connectivity index (χ2n) is 7.85. The fraction of sp³-hybridized carbons (Fsp3) is 0.333. The minimum atomic E-state index is -2.96. The molecule has 9 heteroatoms. The standard InChI is InChI=1S/C21H19F3N6/c1-12-7-26-14(8-25-12)6-19-28-17-9-27-16-4-3-13(22)5-15(16)20(17)30(19)18-10-29(2)11-21(18,23)24/h3-5,7-9,18H,6,10-11H2,1-2H3/t18-/m1/s1. The quantitative estimate of drug-likeness (QED) is 0.515. The first-order chi connectivity index (χ1) is 14.3. The number of fused-ring (bicyclic) bond motifs is 3. The molecule has 6 nitrogen and oxygen atoms in total. The fourth-order valence-corrected chi connectivity index (χ4v) is 4.16. The van der Waals surface area contributed by atoms with E-state index in [1.807, 2.05) is 6.92 Å². The highest BCUT2D eigenvalue weighted by molar-refractivity contribution is 6.02. The maximum atomic E-state index is 15.0. The summed E-state index contributed by atoms with van der Waals surface area (Å²) in [5.41, 5.74) is 2.83. The molecule has 1 aliphatic heterocycles. The van der Waals surface area contributed by atoms with E-state index in [1.165, 1.54) is 12.1 Å². The summed E-state index contributed by atoms with van der Waals surface area (Å²) in [6, 6.07) is 3.05. The molecule has 1 aromatic carbocycles. The molecular weight excluding hydrogens is 393 g/mol. The minimum Gasteiger partial charge on any atom is -0.316 e. The Kier molecular flexibility index (Phi) is 4.25. The van der Waals surface area contributed by atoms with Gasteiger partial charge in [0.05, 0.1) is 35.2 Å². The van der Waals surface area contributed by atoms with Crippen LogP contribution >= 0.6 is 0 Å². The monoisotopic (exact) mass is 412 g/mol. The first kappa shape index (κ1) is 18.9. The van der Waals surface area contributed by atoms with Crippen molar-refractivity contribution in [3.8, 4) is 0 Å². The lowest BCUT2D eigenvalue weighted by atomic mass is 10.1. The third-order valence-corrected chi connectivity index (χ3v) is 5.49. The molecule has 0 spiro atoms. The lowest BCUT2D eigenvalue weighted by Gasteiger charge is -2.22. The predicted octanol–water partition coefficient (Wildman–Crippen LogP) is 3.53. The molecule has 30 heavy (non-hydrogen) atoms. The highest BCUT2D eigenvalue weighted by Crippen LogP contribution is 2.40. The van der Waals surface area contributed by atoms with Gasteiger partial charge in [0, 0.05) is 30.7 Å². The molecule has 1 atom stereocenters. The molecule has 1 saturated heterocycles. The minimum absolute atomic E-state index is 0.157. The maximum Gasteiger partial charge on any atom is 0.282 e. The van der Waals surface area contributed by atoms with Gasteiger partial charge in [0.2, 0.25) is 0 Å². The number of hydrogen-bond acceptors (Lipinski definition) is 5. The van der Waals surface area contributed by atoms with Gasteiger partial charge in [-0.05, 0) is 32.2 Å². The van der Waals surface area contributed by atoms with Crippen molar-refractivity contribution in [3.05, 3.63) is 59.8 Å². The molecule has 0 saturated carbocycles. The van der Waals surface area contributed by atoms with E-state index >= 15 is 0 Å². The normalized spacial score (nSPS) is 19.2. The second-order valence-corrected chi connectivity index (χ2v) is 7.85. The molecule has 154 valence electrons. The third-order valence-electron chi connectivity index (χ3n) is 5.49. The van der Waals surface area contributed by atoms with Crippen LogP contribution in [0.5, 0.6) is 0 Å².